The lowest BCUT2D eigenvalue weighted by molar-refractivity contribution is -0.137. The zero-order valence-electron chi connectivity index (χ0n) is 20.5. The summed E-state index contributed by atoms with van der Waals surface area (Å²) < 4.78 is 62.5. The molecule has 1 N–H and O–H groups in total. The highest BCUT2D eigenvalue weighted by Gasteiger charge is 2.36. The molecule has 0 spiro atoms. The second-order valence-electron chi connectivity index (χ2n) is 9.23. The standard InChI is InChI=1S/C25H27F3N4O3S2/c1-4-37(34,35)19-10-9-18(29-12-19)11-21(33)30-24-31-22-20(36-24)14-32(23(22)15(2)3)13-16-5-7-17(8-6-16)25(26,27)28/h5-10,12,15,23H,4,11,13-14H2,1-3H3,(H,30,31,33)/t23-/m1/s1. The number of rotatable bonds is 8. The summed E-state index contributed by atoms with van der Waals surface area (Å²) in [5.74, 6) is -0.139. The van der Waals surface area contributed by atoms with Crippen molar-refractivity contribution < 1.29 is 26.4 Å². The van der Waals surface area contributed by atoms with Crippen molar-refractivity contribution in [2.75, 3.05) is 11.1 Å². The van der Waals surface area contributed by atoms with Crippen molar-refractivity contribution in [1.29, 1.82) is 0 Å². The van der Waals surface area contributed by atoms with Gasteiger partial charge < -0.3 is 5.32 Å². The summed E-state index contributed by atoms with van der Waals surface area (Å²) in [4.78, 5) is 24.7. The Balaban J connectivity index is 1.41. The average molecular weight is 553 g/mol. The molecule has 2 aromatic heterocycles. The number of carbonyl (C=O) groups is 1. The maximum Gasteiger partial charge on any atom is 0.416 e. The highest BCUT2D eigenvalue weighted by Crippen LogP contribution is 2.43. The number of pyridine rings is 1. The SMILES string of the molecule is CCS(=O)(=O)c1ccc(CC(=O)Nc2nc3c(s2)CN(Cc2ccc(C(F)(F)F)cc2)[C@@H]3C(C)C)nc1. The van der Waals surface area contributed by atoms with Crippen LogP contribution in [0.3, 0.4) is 0 Å². The minimum absolute atomic E-state index is 0.0235. The number of aromatic nitrogens is 2. The molecule has 0 fully saturated rings. The molecular formula is C25H27F3N4O3S2. The van der Waals surface area contributed by atoms with Crippen LogP contribution < -0.4 is 5.32 Å². The molecule has 198 valence electrons. The van der Waals surface area contributed by atoms with Crippen LogP contribution in [0, 0.1) is 5.92 Å². The highest BCUT2D eigenvalue weighted by atomic mass is 32.2. The van der Waals surface area contributed by atoms with E-state index in [-0.39, 0.29) is 34.9 Å². The molecule has 0 saturated carbocycles. The topological polar surface area (TPSA) is 92.3 Å². The van der Waals surface area contributed by atoms with Gasteiger partial charge in [0.05, 0.1) is 34.4 Å². The van der Waals surface area contributed by atoms with Crippen molar-refractivity contribution in [3.63, 3.8) is 0 Å². The van der Waals surface area contributed by atoms with E-state index in [0.717, 1.165) is 28.3 Å². The van der Waals surface area contributed by atoms with Crippen molar-refractivity contribution in [2.45, 2.75) is 57.4 Å². The molecule has 0 aliphatic carbocycles. The summed E-state index contributed by atoms with van der Waals surface area (Å²) in [5, 5.41) is 3.28. The first-order valence-electron chi connectivity index (χ1n) is 11.7. The quantitative estimate of drug-likeness (QED) is 0.411. The van der Waals surface area contributed by atoms with E-state index in [2.05, 4.69) is 34.0 Å². The van der Waals surface area contributed by atoms with Crippen LogP contribution in [0.4, 0.5) is 18.3 Å². The van der Waals surface area contributed by atoms with E-state index in [1.54, 1.807) is 6.92 Å². The first-order chi connectivity index (χ1) is 17.4. The number of nitrogens with zero attached hydrogens (tertiary/aromatic N) is 3. The van der Waals surface area contributed by atoms with E-state index in [4.69, 9.17) is 0 Å². The van der Waals surface area contributed by atoms with Crippen LogP contribution in [-0.2, 0) is 40.3 Å². The van der Waals surface area contributed by atoms with E-state index in [1.807, 2.05) is 0 Å². The molecule has 0 saturated heterocycles. The fourth-order valence-corrected chi connectivity index (χ4v) is 6.20. The molecule has 4 rings (SSSR count). The van der Waals surface area contributed by atoms with Gasteiger partial charge in [-0.2, -0.15) is 13.2 Å². The highest BCUT2D eigenvalue weighted by molar-refractivity contribution is 7.91. The number of anilines is 1. The molecule has 3 heterocycles. The van der Waals surface area contributed by atoms with Gasteiger partial charge in [-0.05, 0) is 35.7 Å². The third-order valence-electron chi connectivity index (χ3n) is 6.17. The first-order valence-corrected chi connectivity index (χ1v) is 14.2. The van der Waals surface area contributed by atoms with Crippen LogP contribution in [-0.4, -0.2) is 34.9 Å². The Bertz CT molecular complexity index is 1370. The molecule has 1 aliphatic heterocycles. The van der Waals surface area contributed by atoms with Crippen LogP contribution >= 0.6 is 11.3 Å². The normalized spacial score (nSPS) is 16.2. The lowest BCUT2D eigenvalue weighted by Crippen LogP contribution is -2.26. The van der Waals surface area contributed by atoms with Gasteiger partial charge in [-0.25, -0.2) is 13.4 Å². The Labute approximate surface area is 217 Å². The number of alkyl halides is 3. The molecule has 0 radical (unpaired) electrons. The number of hydrogen-bond acceptors (Lipinski definition) is 7. The third-order valence-corrected chi connectivity index (χ3v) is 8.86. The number of fused-ring (bicyclic) bond motifs is 1. The second-order valence-corrected chi connectivity index (χ2v) is 12.6. The fraction of sp³-hybridized carbons (Fsp3) is 0.400. The van der Waals surface area contributed by atoms with Gasteiger partial charge in [-0.1, -0.05) is 32.9 Å². The summed E-state index contributed by atoms with van der Waals surface area (Å²) >= 11 is 1.38. The fourth-order valence-electron chi connectivity index (χ4n) is 4.34. The molecule has 3 aromatic rings. The van der Waals surface area contributed by atoms with Gasteiger partial charge in [0.15, 0.2) is 15.0 Å². The Morgan fingerprint density at radius 2 is 1.89 bits per heavy atom. The number of sulfone groups is 1. The lowest BCUT2D eigenvalue weighted by atomic mass is 10.0. The van der Waals surface area contributed by atoms with Crippen LogP contribution in [0.1, 0.15) is 54.2 Å². The van der Waals surface area contributed by atoms with Gasteiger partial charge in [0.2, 0.25) is 5.91 Å². The van der Waals surface area contributed by atoms with Crippen molar-refractivity contribution in [3.8, 4) is 0 Å². The number of thiazole rings is 1. The molecule has 1 atom stereocenters. The van der Waals surface area contributed by atoms with Gasteiger partial charge >= 0.3 is 6.18 Å². The monoisotopic (exact) mass is 552 g/mol. The van der Waals surface area contributed by atoms with Crippen molar-refractivity contribution >= 4 is 32.2 Å². The number of amides is 1. The number of benzene rings is 1. The molecular weight excluding hydrogens is 525 g/mol. The van der Waals surface area contributed by atoms with Crippen LogP contribution in [0.2, 0.25) is 0 Å². The average Bonchev–Trinajstić information content (AvgIpc) is 3.35. The molecule has 12 heteroatoms. The molecule has 1 aromatic carbocycles. The van der Waals surface area contributed by atoms with Crippen molar-refractivity contribution in [1.82, 2.24) is 14.9 Å². The minimum Gasteiger partial charge on any atom is -0.302 e. The minimum atomic E-state index is -4.36. The molecule has 7 nitrogen and oxygen atoms in total. The van der Waals surface area contributed by atoms with Gasteiger partial charge in [-0.3, -0.25) is 14.7 Å². The zero-order chi connectivity index (χ0) is 27.0. The predicted molar refractivity (Wildman–Crippen MR) is 135 cm³/mol. The lowest BCUT2D eigenvalue weighted by Gasteiger charge is -2.27. The van der Waals surface area contributed by atoms with E-state index < -0.39 is 21.6 Å². The van der Waals surface area contributed by atoms with Crippen molar-refractivity contribution in [3.05, 3.63) is 70.0 Å². The summed E-state index contributed by atoms with van der Waals surface area (Å²) in [5.41, 5.74) is 1.43. The number of halogens is 3. The summed E-state index contributed by atoms with van der Waals surface area (Å²) in [6, 6.07) is 8.15. The van der Waals surface area contributed by atoms with Gasteiger partial charge in [0.25, 0.3) is 0 Å². The molecule has 37 heavy (non-hydrogen) atoms. The zero-order valence-corrected chi connectivity index (χ0v) is 22.2. The second kappa shape index (κ2) is 10.5. The first kappa shape index (κ1) is 27.2. The number of hydrogen-bond donors (Lipinski definition) is 1. The van der Waals surface area contributed by atoms with Crippen LogP contribution in [0.15, 0.2) is 47.5 Å². The number of nitrogens with one attached hydrogen (secondary N) is 1. The van der Waals surface area contributed by atoms with E-state index in [1.165, 1.54) is 41.8 Å². The smallest absolute Gasteiger partial charge is 0.302 e. The third kappa shape index (κ3) is 6.19. The van der Waals surface area contributed by atoms with E-state index in [9.17, 15) is 26.4 Å². The predicted octanol–water partition coefficient (Wildman–Crippen LogP) is 5.24. The van der Waals surface area contributed by atoms with Crippen molar-refractivity contribution in [2.24, 2.45) is 5.92 Å². The van der Waals surface area contributed by atoms with Gasteiger partial charge in [0.1, 0.15) is 0 Å². The Morgan fingerprint density at radius 1 is 1.19 bits per heavy atom. The largest absolute Gasteiger partial charge is 0.416 e. The summed E-state index contributed by atoms with van der Waals surface area (Å²) in [6.07, 6.45) is -3.13. The Kier molecular flexibility index (Phi) is 7.72. The van der Waals surface area contributed by atoms with E-state index in [0.29, 0.717) is 23.9 Å². The summed E-state index contributed by atoms with van der Waals surface area (Å²) in [6.45, 7) is 6.75. The Morgan fingerprint density at radius 3 is 2.46 bits per heavy atom. The molecule has 0 bridgehead atoms. The maximum absolute atomic E-state index is 12.9. The maximum atomic E-state index is 12.9. The van der Waals surface area contributed by atoms with Gasteiger partial charge in [0, 0.05) is 29.9 Å². The molecule has 1 aliphatic rings. The summed E-state index contributed by atoms with van der Waals surface area (Å²) in [7, 11) is -3.36. The van der Waals surface area contributed by atoms with Gasteiger partial charge in [-0.15, -0.1) is 11.3 Å². The molecule has 1 amide bonds. The van der Waals surface area contributed by atoms with Crippen LogP contribution in [0.25, 0.3) is 0 Å². The Hall–Kier alpha value is -2.83. The number of carbonyl (C=O) groups excluding carboxylic acids is 1. The molecule has 0 unspecified atom stereocenters. The van der Waals surface area contributed by atoms with E-state index >= 15 is 0 Å². The van der Waals surface area contributed by atoms with Crippen LogP contribution in [0.5, 0.6) is 0 Å².